The average Bonchev–Trinajstić information content (AvgIpc) is 2.53. The van der Waals surface area contributed by atoms with Crippen molar-refractivity contribution in [3.8, 4) is 0 Å². The molecule has 15 heavy (non-hydrogen) atoms. The molecule has 1 N–H and O–H groups in total. The molecule has 0 fully saturated rings. The number of nitrogens with zero attached hydrogens (tertiary/aromatic N) is 2. The first-order valence-electron chi connectivity index (χ1n) is 4.18. The molecular formula is C9H4BrN3OS. The van der Waals surface area contributed by atoms with Gasteiger partial charge in [-0.05, 0) is 18.2 Å². The molecule has 0 saturated carbocycles. The van der Waals surface area contributed by atoms with E-state index >= 15 is 0 Å². The predicted octanol–water partition coefficient (Wildman–Crippen LogP) is 2.30. The minimum absolute atomic E-state index is 0.126. The Kier molecular flexibility index (Phi) is 1.86. The van der Waals surface area contributed by atoms with Gasteiger partial charge in [-0.2, -0.15) is 0 Å². The Morgan fingerprint density at radius 3 is 3.00 bits per heavy atom. The number of hydrogen-bond donors (Lipinski definition) is 1. The summed E-state index contributed by atoms with van der Waals surface area (Å²) in [5.74, 6) is 0. The molecule has 3 rings (SSSR count). The first-order valence-corrected chi connectivity index (χ1v) is 5.79. The Balaban J connectivity index is 2.51. The van der Waals surface area contributed by atoms with Crippen LogP contribution in [0.4, 0.5) is 0 Å². The predicted molar refractivity (Wildman–Crippen MR) is 63.2 cm³/mol. The summed E-state index contributed by atoms with van der Waals surface area (Å²) in [6.07, 6.45) is 0. The lowest BCUT2D eigenvalue weighted by Gasteiger charge is -1.96. The summed E-state index contributed by atoms with van der Waals surface area (Å²) in [7, 11) is 0. The van der Waals surface area contributed by atoms with Crippen molar-refractivity contribution < 1.29 is 0 Å². The van der Waals surface area contributed by atoms with E-state index < -0.39 is 0 Å². The summed E-state index contributed by atoms with van der Waals surface area (Å²) in [4.78, 5) is 22.9. The van der Waals surface area contributed by atoms with Gasteiger partial charge in [0.1, 0.15) is 0 Å². The van der Waals surface area contributed by atoms with Gasteiger partial charge in [0.2, 0.25) is 0 Å². The maximum absolute atomic E-state index is 11.1. The van der Waals surface area contributed by atoms with Crippen LogP contribution in [0.5, 0.6) is 0 Å². The molecular weight excluding hydrogens is 278 g/mol. The second-order valence-electron chi connectivity index (χ2n) is 3.02. The lowest BCUT2D eigenvalue weighted by Crippen LogP contribution is -1.91. The van der Waals surface area contributed by atoms with Crippen LogP contribution < -0.4 is 4.87 Å². The van der Waals surface area contributed by atoms with Gasteiger partial charge in [0.05, 0.1) is 11.0 Å². The van der Waals surface area contributed by atoms with Crippen LogP contribution in [0.15, 0.2) is 27.5 Å². The van der Waals surface area contributed by atoms with E-state index in [2.05, 4.69) is 30.9 Å². The minimum atomic E-state index is -0.126. The van der Waals surface area contributed by atoms with Gasteiger partial charge in [-0.25, -0.2) is 9.97 Å². The number of halogens is 1. The summed E-state index contributed by atoms with van der Waals surface area (Å²) >= 11 is 4.44. The molecule has 0 unspecified atom stereocenters. The summed E-state index contributed by atoms with van der Waals surface area (Å²) < 4.78 is 0.950. The van der Waals surface area contributed by atoms with Gasteiger partial charge in [-0.3, -0.25) is 9.78 Å². The molecule has 3 aromatic rings. The number of hydrogen-bond acceptors (Lipinski definition) is 4. The molecule has 0 amide bonds. The minimum Gasteiger partial charge on any atom is -0.296 e. The zero-order valence-corrected chi connectivity index (χ0v) is 9.72. The van der Waals surface area contributed by atoms with E-state index in [-0.39, 0.29) is 4.87 Å². The Labute approximate surface area is 96.1 Å². The van der Waals surface area contributed by atoms with Gasteiger partial charge in [0, 0.05) is 4.47 Å². The average molecular weight is 282 g/mol. The van der Waals surface area contributed by atoms with Gasteiger partial charge < -0.3 is 0 Å². The van der Waals surface area contributed by atoms with E-state index in [9.17, 15) is 4.79 Å². The molecule has 0 aliphatic carbocycles. The zero-order chi connectivity index (χ0) is 10.4. The van der Waals surface area contributed by atoms with Crippen molar-refractivity contribution in [3.63, 3.8) is 0 Å². The van der Waals surface area contributed by atoms with Gasteiger partial charge in [-0.15, -0.1) is 0 Å². The summed E-state index contributed by atoms with van der Waals surface area (Å²) in [5, 5.41) is 0. The van der Waals surface area contributed by atoms with E-state index in [1.54, 1.807) is 0 Å². The smallest absolute Gasteiger partial charge is 0.296 e. The third-order valence-corrected chi connectivity index (χ3v) is 3.26. The number of benzene rings is 1. The standard InChI is InChI=1S/C9H4BrN3OS/c10-4-1-2-5-6(3-4)12-8-7(11-5)13-9(14)15-8/h1-3H,(H,11,13,14). The topological polar surface area (TPSA) is 58.6 Å². The SMILES string of the molecule is O=c1[nH]c2nc3ccc(Br)cc3nc2s1. The number of H-pyrrole nitrogens is 1. The molecule has 74 valence electrons. The quantitative estimate of drug-likeness (QED) is 0.688. The van der Waals surface area contributed by atoms with E-state index in [0.29, 0.717) is 10.5 Å². The number of rotatable bonds is 0. The van der Waals surface area contributed by atoms with Crippen LogP contribution in [-0.2, 0) is 0 Å². The van der Waals surface area contributed by atoms with Crippen molar-refractivity contribution >= 4 is 48.8 Å². The maximum Gasteiger partial charge on any atom is 0.308 e. The maximum atomic E-state index is 11.1. The largest absolute Gasteiger partial charge is 0.308 e. The normalized spacial score (nSPS) is 11.3. The van der Waals surface area contributed by atoms with Crippen LogP contribution in [0.25, 0.3) is 21.5 Å². The van der Waals surface area contributed by atoms with Crippen LogP contribution in [0, 0.1) is 0 Å². The molecule has 0 saturated heterocycles. The van der Waals surface area contributed by atoms with E-state index in [1.807, 2.05) is 18.2 Å². The van der Waals surface area contributed by atoms with Crippen LogP contribution in [0.1, 0.15) is 0 Å². The van der Waals surface area contributed by atoms with Crippen molar-refractivity contribution in [1.82, 2.24) is 15.0 Å². The van der Waals surface area contributed by atoms with Crippen molar-refractivity contribution in [2.75, 3.05) is 0 Å². The van der Waals surface area contributed by atoms with Crippen LogP contribution in [0.3, 0.4) is 0 Å². The van der Waals surface area contributed by atoms with Gasteiger partial charge in [0.25, 0.3) is 0 Å². The Bertz CT molecular complexity index is 718. The lowest BCUT2D eigenvalue weighted by atomic mass is 10.3. The molecule has 4 nitrogen and oxygen atoms in total. The molecule has 6 heteroatoms. The fourth-order valence-corrected chi connectivity index (χ4v) is 2.38. The third-order valence-electron chi connectivity index (χ3n) is 2.00. The van der Waals surface area contributed by atoms with Crippen molar-refractivity contribution in [3.05, 3.63) is 32.3 Å². The number of aromatic amines is 1. The van der Waals surface area contributed by atoms with Gasteiger partial charge in [-0.1, -0.05) is 27.3 Å². The second kappa shape index (κ2) is 3.11. The Morgan fingerprint density at radius 2 is 2.13 bits per heavy atom. The summed E-state index contributed by atoms with van der Waals surface area (Å²) in [6, 6.07) is 5.64. The highest BCUT2D eigenvalue weighted by Gasteiger charge is 2.05. The zero-order valence-electron chi connectivity index (χ0n) is 7.32. The van der Waals surface area contributed by atoms with Crippen molar-refractivity contribution in [2.45, 2.75) is 0 Å². The molecule has 0 aliphatic rings. The Hall–Kier alpha value is -1.27. The molecule has 2 heterocycles. The van der Waals surface area contributed by atoms with Gasteiger partial charge in [0.15, 0.2) is 10.5 Å². The van der Waals surface area contributed by atoms with Crippen molar-refractivity contribution in [1.29, 1.82) is 0 Å². The number of fused-ring (bicyclic) bond motifs is 2. The molecule has 1 aromatic carbocycles. The summed E-state index contributed by atoms with van der Waals surface area (Å²) in [6.45, 7) is 0. The lowest BCUT2D eigenvalue weighted by molar-refractivity contribution is 1.30. The monoisotopic (exact) mass is 281 g/mol. The van der Waals surface area contributed by atoms with E-state index in [4.69, 9.17) is 0 Å². The highest BCUT2D eigenvalue weighted by molar-refractivity contribution is 9.10. The molecule has 2 aromatic heterocycles. The number of nitrogens with one attached hydrogen (secondary N) is 1. The molecule has 0 radical (unpaired) electrons. The summed E-state index contributed by atoms with van der Waals surface area (Å²) in [5.41, 5.74) is 2.12. The fraction of sp³-hybridized carbons (Fsp3) is 0. The number of thiazole rings is 1. The first-order chi connectivity index (χ1) is 7.22. The third kappa shape index (κ3) is 1.46. The highest BCUT2D eigenvalue weighted by Crippen LogP contribution is 2.19. The first kappa shape index (κ1) is 8.99. The molecule has 0 bridgehead atoms. The van der Waals surface area contributed by atoms with E-state index in [0.717, 1.165) is 26.8 Å². The molecule has 0 spiro atoms. The van der Waals surface area contributed by atoms with Crippen LogP contribution in [0.2, 0.25) is 0 Å². The fourth-order valence-electron chi connectivity index (χ4n) is 1.37. The highest BCUT2D eigenvalue weighted by atomic mass is 79.9. The van der Waals surface area contributed by atoms with Crippen LogP contribution in [-0.4, -0.2) is 15.0 Å². The van der Waals surface area contributed by atoms with Crippen LogP contribution >= 0.6 is 27.3 Å². The number of aromatic nitrogens is 3. The molecule has 0 aliphatic heterocycles. The Morgan fingerprint density at radius 1 is 1.27 bits per heavy atom. The second-order valence-corrected chi connectivity index (χ2v) is 4.90. The van der Waals surface area contributed by atoms with E-state index in [1.165, 1.54) is 0 Å². The molecule has 0 atom stereocenters. The van der Waals surface area contributed by atoms with Crippen molar-refractivity contribution in [2.24, 2.45) is 0 Å². The van der Waals surface area contributed by atoms with Gasteiger partial charge >= 0.3 is 4.87 Å².